The van der Waals surface area contributed by atoms with E-state index in [0.717, 1.165) is 63.4 Å². The van der Waals surface area contributed by atoms with Crippen LogP contribution in [-0.4, -0.2) is 26.5 Å². The maximum absolute atomic E-state index is 4.55. The molecule has 2 rings (SSSR count). The van der Waals surface area contributed by atoms with Gasteiger partial charge in [-0.3, -0.25) is 10.4 Å². The van der Waals surface area contributed by atoms with Gasteiger partial charge in [0.25, 0.3) is 0 Å². The van der Waals surface area contributed by atoms with Gasteiger partial charge in [-0.05, 0) is 110 Å². The van der Waals surface area contributed by atoms with E-state index >= 15 is 0 Å². The van der Waals surface area contributed by atoms with Crippen LogP contribution in [0.5, 0.6) is 0 Å². The van der Waals surface area contributed by atoms with Crippen LogP contribution in [0.1, 0.15) is 46.1 Å². The highest BCUT2D eigenvalue weighted by atomic mass is 15.3. The molecule has 0 fully saturated rings. The van der Waals surface area contributed by atoms with Gasteiger partial charge in [0, 0.05) is 19.1 Å². The molecule has 1 aliphatic rings. The van der Waals surface area contributed by atoms with E-state index in [1.165, 1.54) is 11.1 Å². The summed E-state index contributed by atoms with van der Waals surface area (Å²) in [5, 5.41) is 9.13. The number of hydrogen-bond donors (Lipinski definition) is 2. The molecule has 188 valence electrons. The van der Waals surface area contributed by atoms with Gasteiger partial charge in [-0.1, -0.05) is 61.2 Å². The molecule has 0 unspecified atom stereocenters. The largest absolute Gasteiger partial charge is 0.319 e. The minimum Gasteiger partial charge on any atom is -0.319 e. The molecule has 4 heteroatoms. The summed E-state index contributed by atoms with van der Waals surface area (Å²) < 4.78 is 0. The van der Waals surface area contributed by atoms with E-state index < -0.39 is 0 Å². The summed E-state index contributed by atoms with van der Waals surface area (Å²) in [5.41, 5.74) is 11.6. The molecule has 0 saturated heterocycles. The van der Waals surface area contributed by atoms with Gasteiger partial charge in [0.05, 0.1) is 5.70 Å². The van der Waals surface area contributed by atoms with Gasteiger partial charge in [-0.2, -0.15) is 5.10 Å². The Balaban J connectivity index is 2.46. The second-order valence-corrected chi connectivity index (χ2v) is 8.98. The lowest BCUT2D eigenvalue weighted by Gasteiger charge is -2.13. The van der Waals surface area contributed by atoms with Crippen molar-refractivity contribution in [2.24, 2.45) is 10.1 Å². The molecule has 1 aromatic carbocycles. The minimum atomic E-state index is 0.830. The van der Waals surface area contributed by atoms with Crippen LogP contribution < -0.4 is 21.2 Å². The van der Waals surface area contributed by atoms with Crippen LogP contribution in [0, 0.1) is 0 Å². The third kappa shape index (κ3) is 8.47. The van der Waals surface area contributed by atoms with Crippen molar-refractivity contribution in [3.8, 4) is 0 Å². The van der Waals surface area contributed by atoms with E-state index in [9.17, 15) is 0 Å². The zero-order valence-corrected chi connectivity index (χ0v) is 22.5. The molecule has 0 radical (unpaired) electrons. The van der Waals surface area contributed by atoms with Gasteiger partial charge in [0.15, 0.2) is 0 Å². The summed E-state index contributed by atoms with van der Waals surface area (Å²) in [4.78, 5) is 4.55. The molecule has 0 aromatic heterocycles. The highest BCUT2D eigenvalue weighted by Crippen LogP contribution is 2.21. The van der Waals surface area contributed by atoms with Crippen LogP contribution in [0.4, 0.5) is 0 Å². The Morgan fingerprint density at radius 1 is 1.22 bits per heavy atom. The molecule has 0 amide bonds. The zero-order chi connectivity index (χ0) is 26.5. The predicted molar refractivity (Wildman–Crippen MR) is 160 cm³/mol. The van der Waals surface area contributed by atoms with E-state index in [2.05, 4.69) is 98.8 Å². The maximum atomic E-state index is 4.55. The molecule has 36 heavy (non-hydrogen) atoms. The van der Waals surface area contributed by atoms with Crippen LogP contribution in [0.25, 0.3) is 18.2 Å². The summed E-state index contributed by atoms with van der Waals surface area (Å²) in [6.07, 6.45) is 18.4. The standard InChI is InChI=1S/C32H40N4/c1-9-28(30-16-14-27(17-18-33-7)21-35-22-30)19-31-20-29(15-13-24(31)4)26(6)32(36-34-8)25(5)12-10-11-23(2)3/h9-13,15-16,19-22,33,36H,4-5,8,14,17-18H2,1-3,6-7H3/b12-10-,28-9+,31-19-,32-26+. The molecular weight excluding hydrogens is 440 g/mol. The number of nitrogens with one attached hydrogen (secondary N) is 2. The highest BCUT2D eigenvalue weighted by molar-refractivity contribution is 5.90. The number of benzene rings is 1. The molecular formula is C32H40N4. The predicted octanol–water partition coefficient (Wildman–Crippen LogP) is 5.73. The number of rotatable bonds is 11. The molecule has 1 heterocycles. The number of hydrazone groups is 1. The minimum absolute atomic E-state index is 0.830. The van der Waals surface area contributed by atoms with E-state index in [4.69, 9.17) is 0 Å². The summed E-state index contributed by atoms with van der Waals surface area (Å²) >= 11 is 0. The van der Waals surface area contributed by atoms with Crippen LogP contribution in [0.3, 0.4) is 0 Å². The number of hydrogen-bond acceptors (Lipinski definition) is 4. The Labute approximate surface area is 217 Å². The first-order valence-electron chi connectivity index (χ1n) is 12.3. The highest BCUT2D eigenvalue weighted by Gasteiger charge is 2.08. The van der Waals surface area contributed by atoms with E-state index in [0.29, 0.717) is 0 Å². The molecule has 0 spiro atoms. The fourth-order valence-corrected chi connectivity index (χ4v) is 3.74. The zero-order valence-electron chi connectivity index (χ0n) is 22.5. The summed E-state index contributed by atoms with van der Waals surface area (Å²) in [6, 6.07) is 6.28. The van der Waals surface area contributed by atoms with E-state index in [1.54, 1.807) is 0 Å². The fourth-order valence-electron chi connectivity index (χ4n) is 3.74. The molecule has 0 bridgehead atoms. The molecule has 1 aliphatic heterocycles. The van der Waals surface area contributed by atoms with Crippen LogP contribution in [0.15, 0.2) is 105 Å². The average Bonchev–Trinajstić information content (AvgIpc) is 3.10. The fraction of sp³-hybridized carbons (Fsp3) is 0.250. The maximum Gasteiger partial charge on any atom is 0.0663 e. The number of allylic oxidation sites excluding steroid dienone is 9. The van der Waals surface area contributed by atoms with Gasteiger partial charge < -0.3 is 5.32 Å². The van der Waals surface area contributed by atoms with Gasteiger partial charge in [-0.15, -0.1) is 0 Å². The van der Waals surface area contributed by atoms with Gasteiger partial charge >= 0.3 is 0 Å². The molecule has 0 atom stereocenters. The Hall–Kier alpha value is -3.76. The Morgan fingerprint density at radius 3 is 2.67 bits per heavy atom. The second-order valence-electron chi connectivity index (χ2n) is 8.98. The first-order valence-corrected chi connectivity index (χ1v) is 12.3. The Kier molecular flexibility index (Phi) is 11.5. The molecule has 1 aromatic rings. The lowest BCUT2D eigenvalue weighted by molar-refractivity contribution is 0.774. The smallest absolute Gasteiger partial charge is 0.0663 e. The summed E-state index contributed by atoms with van der Waals surface area (Å²) in [5.74, 6) is 0. The topological polar surface area (TPSA) is 48.8 Å². The van der Waals surface area contributed by atoms with Crippen LogP contribution in [-0.2, 0) is 0 Å². The van der Waals surface area contributed by atoms with Crippen molar-refractivity contribution in [3.05, 3.63) is 111 Å². The third-order valence-electron chi connectivity index (χ3n) is 5.90. The second kappa shape index (κ2) is 14.6. The van der Waals surface area contributed by atoms with Crippen molar-refractivity contribution in [2.75, 3.05) is 13.6 Å². The molecule has 4 nitrogen and oxygen atoms in total. The molecule has 2 N–H and O–H groups in total. The first kappa shape index (κ1) is 28.5. The van der Waals surface area contributed by atoms with Crippen molar-refractivity contribution in [3.63, 3.8) is 0 Å². The number of nitrogens with zero attached hydrogens (tertiary/aromatic N) is 2. The lowest BCUT2D eigenvalue weighted by atomic mass is 9.98. The normalized spacial score (nSPS) is 15.1. The van der Waals surface area contributed by atoms with Gasteiger partial charge in [-0.25, -0.2) is 0 Å². The SMILES string of the molecule is C=NN/C(C(=C)/C=C\C=C(C)C)=C(\C)c1ccc(=C)/c(=C\C(=C/C)C2=CCC(CCNC)=CN=C2)c1. The van der Waals surface area contributed by atoms with Crippen molar-refractivity contribution < 1.29 is 0 Å². The van der Waals surface area contributed by atoms with Crippen LogP contribution >= 0.6 is 0 Å². The van der Waals surface area contributed by atoms with E-state index in [1.807, 2.05) is 43.8 Å². The van der Waals surface area contributed by atoms with Crippen molar-refractivity contribution in [1.82, 2.24) is 10.7 Å². The average molecular weight is 481 g/mol. The quantitative estimate of drug-likeness (QED) is 0.241. The third-order valence-corrected chi connectivity index (χ3v) is 5.90. The summed E-state index contributed by atoms with van der Waals surface area (Å²) in [6.45, 7) is 21.3. The Bertz CT molecular complexity index is 1290. The van der Waals surface area contributed by atoms with Gasteiger partial charge in [0.2, 0.25) is 0 Å². The van der Waals surface area contributed by atoms with Crippen LogP contribution in [0.2, 0.25) is 0 Å². The van der Waals surface area contributed by atoms with Crippen molar-refractivity contribution in [2.45, 2.75) is 40.5 Å². The number of aliphatic imine (C=N–C) groups is 1. The summed E-state index contributed by atoms with van der Waals surface area (Å²) in [7, 11) is 1.97. The monoisotopic (exact) mass is 480 g/mol. The van der Waals surface area contributed by atoms with Crippen molar-refractivity contribution in [1.29, 1.82) is 0 Å². The molecule has 0 saturated carbocycles. The first-order chi connectivity index (χ1) is 17.3. The molecule has 0 aliphatic carbocycles. The van der Waals surface area contributed by atoms with Gasteiger partial charge in [0.1, 0.15) is 0 Å². The Morgan fingerprint density at radius 2 is 2.00 bits per heavy atom. The van der Waals surface area contributed by atoms with E-state index in [-0.39, 0.29) is 0 Å². The lowest BCUT2D eigenvalue weighted by Crippen LogP contribution is -2.24. The van der Waals surface area contributed by atoms with Crippen molar-refractivity contribution >= 4 is 31.2 Å².